The van der Waals surface area contributed by atoms with Gasteiger partial charge in [0.25, 0.3) is 5.91 Å². The molecule has 0 aliphatic carbocycles. The van der Waals surface area contributed by atoms with E-state index >= 15 is 0 Å². The van der Waals surface area contributed by atoms with Crippen molar-refractivity contribution in [2.45, 2.75) is 19.2 Å². The highest BCUT2D eigenvalue weighted by molar-refractivity contribution is 6.20. The van der Waals surface area contributed by atoms with Crippen LogP contribution in [0.3, 0.4) is 0 Å². The van der Waals surface area contributed by atoms with E-state index < -0.39 is 0 Å². The summed E-state index contributed by atoms with van der Waals surface area (Å²) in [5.74, 6) is 0.653. The smallest absolute Gasteiger partial charge is 0.251 e. The van der Waals surface area contributed by atoms with Crippen molar-refractivity contribution in [1.29, 1.82) is 0 Å². The van der Waals surface area contributed by atoms with Gasteiger partial charge in [-0.05, 0) is 38.1 Å². The van der Waals surface area contributed by atoms with E-state index in [1.165, 1.54) is 0 Å². The number of carbonyl (C=O) groups excluding carboxylic acids is 1. The Morgan fingerprint density at radius 2 is 2.06 bits per heavy atom. The van der Waals surface area contributed by atoms with Crippen molar-refractivity contribution in [1.82, 2.24) is 5.32 Å². The summed E-state index contributed by atoms with van der Waals surface area (Å²) in [4.78, 5) is 11.6. The zero-order valence-corrected chi connectivity index (χ0v) is 10.3. The SMILES string of the molecule is CCOc1ccc(C(=O)NCC(C)Cl)cc1. The molecule has 3 nitrogen and oxygen atoms in total. The number of hydrogen-bond donors (Lipinski definition) is 1. The molecule has 0 heterocycles. The molecule has 0 fully saturated rings. The van der Waals surface area contributed by atoms with E-state index in [9.17, 15) is 4.79 Å². The average molecular weight is 242 g/mol. The molecular formula is C12H16ClNO2. The van der Waals surface area contributed by atoms with Crippen LogP contribution in [-0.4, -0.2) is 24.4 Å². The van der Waals surface area contributed by atoms with Crippen molar-refractivity contribution in [3.05, 3.63) is 29.8 Å². The molecule has 1 aromatic rings. The minimum atomic E-state index is -0.115. The van der Waals surface area contributed by atoms with Crippen LogP contribution in [0, 0.1) is 0 Å². The Morgan fingerprint density at radius 3 is 2.56 bits per heavy atom. The Morgan fingerprint density at radius 1 is 1.44 bits per heavy atom. The van der Waals surface area contributed by atoms with Gasteiger partial charge in [-0.2, -0.15) is 0 Å². The summed E-state index contributed by atoms with van der Waals surface area (Å²) in [7, 11) is 0. The van der Waals surface area contributed by atoms with Gasteiger partial charge < -0.3 is 10.1 Å². The standard InChI is InChI=1S/C12H16ClNO2/c1-3-16-11-6-4-10(5-7-11)12(15)14-8-9(2)13/h4-7,9H,3,8H2,1-2H3,(H,14,15). The largest absolute Gasteiger partial charge is 0.494 e. The van der Waals surface area contributed by atoms with Crippen LogP contribution in [0.25, 0.3) is 0 Å². The normalized spacial score (nSPS) is 11.9. The van der Waals surface area contributed by atoms with E-state index in [0.29, 0.717) is 18.7 Å². The second kappa shape index (κ2) is 6.38. The molecule has 0 radical (unpaired) electrons. The van der Waals surface area contributed by atoms with Crippen molar-refractivity contribution in [3.8, 4) is 5.75 Å². The van der Waals surface area contributed by atoms with Crippen molar-refractivity contribution in [2.75, 3.05) is 13.2 Å². The number of rotatable bonds is 5. The van der Waals surface area contributed by atoms with Crippen LogP contribution in [0.1, 0.15) is 24.2 Å². The summed E-state index contributed by atoms with van der Waals surface area (Å²) in [5.41, 5.74) is 0.612. The molecule has 0 saturated heterocycles. The van der Waals surface area contributed by atoms with Gasteiger partial charge >= 0.3 is 0 Å². The lowest BCUT2D eigenvalue weighted by molar-refractivity contribution is 0.0954. The number of hydrogen-bond acceptors (Lipinski definition) is 2. The van der Waals surface area contributed by atoms with Crippen molar-refractivity contribution in [2.24, 2.45) is 0 Å². The van der Waals surface area contributed by atoms with Crippen LogP contribution in [0.4, 0.5) is 0 Å². The number of benzene rings is 1. The van der Waals surface area contributed by atoms with Gasteiger partial charge in [-0.25, -0.2) is 0 Å². The van der Waals surface area contributed by atoms with E-state index in [1.807, 2.05) is 13.8 Å². The van der Waals surface area contributed by atoms with Gasteiger partial charge in [0.2, 0.25) is 0 Å². The van der Waals surface area contributed by atoms with Crippen LogP contribution in [-0.2, 0) is 0 Å². The van der Waals surface area contributed by atoms with E-state index in [-0.39, 0.29) is 11.3 Å². The van der Waals surface area contributed by atoms with Crippen LogP contribution < -0.4 is 10.1 Å². The minimum Gasteiger partial charge on any atom is -0.494 e. The average Bonchev–Trinajstić information content (AvgIpc) is 2.27. The zero-order valence-electron chi connectivity index (χ0n) is 9.50. The number of ether oxygens (including phenoxy) is 1. The monoisotopic (exact) mass is 241 g/mol. The fraction of sp³-hybridized carbons (Fsp3) is 0.417. The van der Waals surface area contributed by atoms with Gasteiger partial charge in [0.05, 0.1) is 6.61 Å². The maximum atomic E-state index is 11.6. The molecule has 0 aromatic heterocycles. The third kappa shape index (κ3) is 4.11. The second-order valence-electron chi connectivity index (χ2n) is 3.45. The highest BCUT2D eigenvalue weighted by Gasteiger charge is 2.06. The van der Waals surface area contributed by atoms with Crippen molar-refractivity contribution < 1.29 is 9.53 Å². The first-order valence-corrected chi connectivity index (χ1v) is 5.72. The summed E-state index contributed by atoms with van der Waals surface area (Å²) in [6.45, 7) is 4.84. The summed E-state index contributed by atoms with van der Waals surface area (Å²) in [6, 6.07) is 7.03. The lowest BCUT2D eigenvalue weighted by Gasteiger charge is -2.07. The third-order valence-electron chi connectivity index (χ3n) is 1.97. The lowest BCUT2D eigenvalue weighted by atomic mass is 10.2. The maximum absolute atomic E-state index is 11.6. The van der Waals surface area contributed by atoms with Crippen LogP contribution in [0.15, 0.2) is 24.3 Å². The van der Waals surface area contributed by atoms with Gasteiger partial charge in [0.1, 0.15) is 5.75 Å². The fourth-order valence-electron chi connectivity index (χ4n) is 1.20. The number of carbonyl (C=O) groups is 1. The highest BCUT2D eigenvalue weighted by Crippen LogP contribution is 2.11. The molecule has 1 aromatic carbocycles. The van der Waals surface area contributed by atoms with Crippen LogP contribution in [0.2, 0.25) is 0 Å². The van der Waals surface area contributed by atoms with Gasteiger partial charge in [-0.1, -0.05) is 0 Å². The zero-order chi connectivity index (χ0) is 12.0. The van der Waals surface area contributed by atoms with Gasteiger partial charge in [0, 0.05) is 17.5 Å². The first kappa shape index (κ1) is 12.8. The quantitative estimate of drug-likeness (QED) is 0.805. The number of halogens is 1. The molecule has 0 aliphatic rings. The number of amides is 1. The van der Waals surface area contributed by atoms with Crippen molar-refractivity contribution >= 4 is 17.5 Å². The lowest BCUT2D eigenvalue weighted by Crippen LogP contribution is -2.28. The minimum absolute atomic E-state index is 0.0633. The molecule has 1 rings (SSSR count). The second-order valence-corrected chi connectivity index (χ2v) is 4.19. The molecule has 16 heavy (non-hydrogen) atoms. The molecule has 1 atom stereocenters. The number of nitrogens with one attached hydrogen (secondary N) is 1. The highest BCUT2D eigenvalue weighted by atomic mass is 35.5. The van der Waals surface area contributed by atoms with E-state index in [4.69, 9.17) is 16.3 Å². The van der Waals surface area contributed by atoms with Crippen LogP contribution >= 0.6 is 11.6 Å². The molecule has 88 valence electrons. The molecule has 1 unspecified atom stereocenters. The molecule has 0 aliphatic heterocycles. The predicted octanol–water partition coefficient (Wildman–Crippen LogP) is 2.44. The van der Waals surface area contributed by atoms with E-state index in [1.54, 1.807) is 24.3 Å². The topological polar surface area (TPSA) is 38.3 Å². The van der Waals surface area contributed by atoms with Gasteiger partial charge in [-0.3, -0.25) is 4.79 Å². The summed E-state index contributed by atoms with van der Waals surface area (Å²) < 4.78 is 5.29. The van der Waals surface area contributed by atoms with E-state index in [2.05, 4.69) is 5.32 Å². The first-order chi connectivity index (χ1) is 7.63. The Kier molecular flexibility index (Phi) is 5.12. The Balaban J connectivity index is 2.56. The Hall–Kier alpha value is -1.22. The van der Waals surface area contributed by atoms with E-state index in [0.717, 1.165) is 5.75 Å². The molecule has 0 saturated carbocycles. The first-order valence-electron chi connectivity index (χ1n) is 5.28. The van der Waals surface area contributed by atoms with Gasteiger partial charge in [0.15, 0.2) is 0 Å². The third-order valence-corrected chi connectivity index (χ3v) is 2.13. The molecule has 1 amide bonds. The Labute approximate surface area is 101 Å². The predicted molar refractivity (Wildman–Crippen MR) is 65.3 cm³/mol. The maximum Gasteiger partial charge on any atom is 0.251 e. The fourth-order valence-corrected chi connectivity index (χ4v) is 1.28. The molecular weight excluding hydrogens is 226 g/mol. The van der Waals surface area contributed by atoms with Crippen molar-refractivity contribution in [3.63, 3.8) is 0 Å². The molecule has 0 spiro atoms. The van der Waals surface area contributed by atoms with Crippen LogP contribution in [0.5, 0.6) is 5.75 Å². The summed E-state index contributed by atoms with van der Waals surface area (Å²) in [5, 5.41) is 2.67. The molecule has 1 N–H and O–H groups in total. The summed E-state index contributed by atoms with van der Waals surface area (Å²) in [6.07, 6.45) is 0. The molecule has 0 bridgehead atoms. The van der Waals surface area contributed by atoms with Gasteiger partial charge in [-0.15, -0.1) is 11.6 Å². The number of alkyl halides is 1. The Bertz CT molecular complexity index is 335. The summed E-state index contributed by atoms with van der Waals surface area (Å²) >= 11 is 5.74. The molecule has 4 heteroatoms.